The van der Waals surface area contributed by atoms with Crippen molar-refractivity contribution in [3.05, 3.63) is 178 Å². The van der Waals surface area contributed by atoms with E-state index in [4.69, 9.17) is 11.5 Å². The fraction of sp³-hybridized carbons (Fsp3) is 0.209. The lowest BCUT2D eigenvalue weighted by Gasteiger charge is -2.35. The lowest BCUT2D eigenvalue weighted by molar-refractivity contribution is -0.193. The monoisotopic (exact) mass is 796 g/mol. The highest BCUT2D eigenvalue weighted by Crippen LogP contribution is 2.46. The van der Waals surface area contributed by atoms with Crippen LogP contribution in [0.25, 0.3) is 22.3 Å². The van der Waals surface area contributed by atoms with Crippen molar-refractivity contribution in [2.75, 3.05) is 13.1 Å². The first kappa shape index (κ1) is 44.2. The zero-order chi connectivity index (χ0) is 41.1. The Hall–Kier alpha value is -5.54. The Morgan fingerprint density at radius 3 is 1.07 bits per heavy atom. The van der Waals surface area contributed by atoms with E-state index in [0.29, 0.717) is 23.3 Å². The molecule has 6 aromatic rings. The summed E-state index contributed by atoms with van der Waals surface area (Å²) in [6.07, 6.45) is 2.48. The second-order valence-electron chi connectivity index (χ2n) is 13.1. The van der Waals surface area contributed by atoms with Crippen LogP contribution in [0.2, 0.25) is 0 Å². The summed E-state index contributed by atoms with van der Waals surface area (Å²) in [7, 11) is 0. The molecule has 0 fully saturated rings. The zero-order valence-electron chi connectivity index (χ0n) is 29.9. The van der Waals surface area contributed by atoms with E-state index in [0.717, 1.165) is 58.7 Å². The molecule has 0 radical (unpaired) electrons. The fourth-order valence-corrected chi connectivity index (χ4v) is 5.88. The summed E-state index contributed by atoms with van der Waals surface area (Å²) in [5.74, 6) is -12.6. The smallest absolute Gasteiger partial charge is 0.323 e. The molecule has 0 aliphatic heterocycles. The van der Waals surface area contributed by atoms with Crippen molar-refractivity contribution in [2.24, 2.45) is 11.5 Å². The lowest BCUT2D eigenvalue weighted by atomic mass is 9.84. The Kier molecular flexibility index (Phi) is 13.4. The van der Waals surface area contributed by atoms with Crippen LogP contribution in [0, 0.1) is 37.1 Å². The van der Waals surface area contributed by atoms with Crippen molar-refractivity contribution >= 4 is 0 Å². The number of alkyl halides is 4. The maximum Gasteiger partial charge on any atom is 0.323 e. The number of rotatable bonds is 10. The predicted molar refractivity (Wildman–Crippen MR) is 202 cm³/mol. The quantitative estimate of drug-likeness (QED) is 0.103. The third-order valence-corrected chi connectivity index (χ3v) is 9.32. The minimum absolute atomic E-state index is 0. The second-order valence-corrected chi connectivity index (χ2v) is 13.1. The first-order chi connectivity index (χ1) is 26.4. The van der Waals surface area contributed by atoms with Gasteiger partial charge in [-0.1, -0.05) is 91.3 Å². The van der Waals surface area contributed by atoms with Gasteiger partial charge in [0.2, 0.25) is 0 Å². The summed E-state index contributed by atoms with van der Waals surface area (Å²) in [5.41, 5.74) is 6.30. The summed E-state index contributed by atoms with van der Waals surface area (Å²) < 4.78 is 115. The number of benzene rings is 4. The molecule has 14 heteroatoms. The number of aryl methyl sites for hydroxylation is 2. The molecule has 2 atom stereocenters. The Labute approximate surface area is 324 Å². The van der Waals surface area contributed by atoms with E-state index in [1.54, 1.807) is 0 Å². The molecule has 6 N–H and O–H groups in total. The molecule has 0 saturated carbocycles. The summed E-state index contributed by atoms with van der Waals surface area (Å²) >= 11 is 0. The third kappa shape index (κ3) is 8.74. The van der Waals surface area contributed by atoms with Crippen molar-refractivity contribution in [2.45, 2.75) is 44.3 Å². The molecule has 6 nitrogen and oxygen atoms in total. The largest absolute Gasteiger partial charge is 0.377 e. The van der Waals surface area contributed by atoms with Crippen LogP contribution in [0.1, 0.15) is 41.1 Å². The number of nitrogens with zero attached hydrogens (tertiary/aromatic N) is 2. The van der Waals surface area contributed by atoms with E-state index >= 15 is 17.6 Å². The molecule has 6 rings (SSSR count). The lowest BCUT2D eigenvalue weighted by Crippen LogP contribution is -2.50. The molecule has 2 aromatic heterocycles. The minimum Gasteiger partial charge on any atom is -0.377 e. The Balaban J connectivity index is 0.000000248. The van der Waals surface area contributed by atoms with Gasteiger partial charge in [0, 0.05) is 59.9 Å². The zero-order valence-corrected chi connectivity index (χ0v) is 29.9. The number of halogens is 8. The number of aliphatic hydroxyl groups is 2. The maximum atomic E-state index is 15.1. The molecule has 0 bridgehead atoms. The fourth-order valence-electron chi connectivity index (χ4n) is 5.88. The number of hydrogen-bond donors (Lipinski definition) is 4. The molecule has 0 unspecified atom stereocenters. The molecule has 4 aromatic carbocycles. The Bertz CT molecular complexity index is 2110. The number of hydrogen-bond acceptors (Lipinski definition) is 6. The van der Waals surface area contributed by atoms with Crippen LogP contribution < -0.4 is 11.5 Å². The first-order valence-corrected chi connectivity index (χ1v) is 17.0. The number of aromatic nitrogens is 2. The predicted octanol–water partition coefficient (Wildman–Crippen LogP) is 9.18. The summed E-state index contributed by atoms with van der Waals surface area (Å²) in [6, 6.07) is 23.7. The molecule has 0 aliphatic carbocycles. The van der Waals surface area contributed by atoms with Crippen molar-refractivity contribution in [3.63, 3.8) is 0 Å². The molecule has 0 saturated heterocycles. The number of pyridine rings is 2. The molecular formula is C43H40F8N4O2. The maximum absolute atomic E-state index is 15.1. The van der Waals surface area contributed by atoms with Crippen LogP contribution in [0.3, 0.4) is 0 Å². The van der Waals surface area contributed by atoms with Gasteiger partial charge in [-0.05, 0) is 49.2 Å². The molecule has 0 spiro atoms. The summed E-state index contributed by atoms with van der Waals surface area (Å²) in [5, 5.41) is 21.2. The van der Waals surface area contributed by atoms with E-state index in [1.165, 1.54) is 24.5 Å². The van der Waals surface area contributed by atoms with E-state index in [2.05, 4.69) is 9.97 Å². The van der Waals surface area contributed by atoms with Crippen molar-refractivity contribution < 1.29 is 45.3 Å². The molecule has 2 heterocycles. The third-order valence-electron chi connectivity index (χ3n) is 9.32. The molecule has 300 valence electrons. The summed E-state index contributed by atoms with van der Waals surface area (Å²) in [6.45, 7) is 1.86. The van der Waals surface area contributed by atoms with Gasteiger partial charge < -0.3 is 21.7 Å². The van der Waals surface area contributed by atoms with Gasteiger partial charge >= 0.3 is 11.8 Å². The Morgan fingerprint density at radius 1 is 0.491 bits per heavy atom. The van der Waals surface area contributed by atoms with Crippen LogP contribution in [0.5, 0.6) is 0 Å². The van der Waals surface area contributed by atoms with E-state index in [9.17, 15) is 27.8 Å². The second kappa shape index (κ2) is 17.3. The average molecular weight is 797 g/mol. The van der Waals surface area contributed by atoms with Gasteiger partial charge in [0.05, 0.1) is 0 Å². The summed E-state index contributed by atoms with van der Waals surface area (Å²) in [4.78, 5) is 7.55. The van der Waals surface area contributed by atoms with Gasteiger partial charge in [0.1, 0.15) is 34.7 Å². The standard InChI is InChI=1S/2C21H18F4N2O.CH4/c2*1-13-2-4-14(5-3-13)15-6-9-19(27-11-15)21(24,25)20(28,12-26)17-8-7-16(22)10-18(17)23;/h2*2-11,28H,12,26H2,1H3;1H4/t2*20-;/m10./s1. The van der Waals surface area contributed by atoms with E-state index in [-0.39, 0.29) is 7.43 Å². The highest BCUT2D eigenvalue weighted by molar-refractivity contribution is 5.63. The Morgan fingerprint density at radius 2 is 0.807 bits per heavy atom. The first-order valence-electron chi connectivity index (χ1n) is 17.0. The molecule has 0 aliphatic rings. The van der Waals surface area contributed by atoms with Crippen molar-refractivity contribution in [1.29, 1.82) is 0 Å². The van der Waals surface area contributed by atoms with Crippen LogP contribution in [-0.4, -0.2) is 33.3 Å². The van der Waals surface area contributed by atoms with Crippen LogP contribution in [0.15, 0.2) is 122 Å². The normalized spacial score (nSPS) is 13.7. The highest BCUT2D eigenvalue weighted by Gasteiger charge is 2.57. The van der Waals surface area contributed by atoms with Crippen LogP contribution >= 0.6 is 0 Å². The van der Waals surface area contributed by atoms with Gasteiger partial charge in [-0.2, -0.15) is 17.6 Å². The minimum atomic E-state index is -4.02. The van der Waals surface area contributed by atoms with E-state index in [1.807, 2.05) is 62.4 Å². The average Bonchev–Trinajstić information content (AvgIpc) is 3.18. The van der Waals surface area contributed by atoms with Crippen LogP contribution in [0.4, 0.5) is 35.1 Å². The molecular weight excluding hydrogens is 756 g/mol. The molecule has 57 heavy (non-hydrogen) atoms. The topological polar surface area (TPSA) is 118 Å². The highest BCUT2D eigenvalue weighted by atomic mass is 19.3. The number of nitrogens with two attached hydrogens (primary N) is 2. The van der Waals surface area contributed by atoms with Gasteiger partial charge in [-0.25, -0.2) is 17.6 Å². The van der Waals surface area contributed by atoms with Gasteiger partial charge in [0.15, 0.2) is 11.2 Å². The van der Waals surface area contributed by atoms with Gasteiger partial charge in [0.25, 0.3) is 0 Å². The van der Waals surface area contributed by atoms with Gasteiger partial charge in [-0.15, -0.1) is 0 Å². The van der Waals surface area contributed by atoms with Crippen molar-refractivity contribution in [3.8, 4) is 22.3 Å². The SMILES string of the molecule is C.Cc1ccc(-c2ccc(C(F)(F)[C@@](O)(CN)c3ccc(F)cc3F)nc2)cc1.Cc1ccc(-c2ccc(C(F)(F)[C@](O)(CN)c3ccc(F)cc3F)nc2)cc1. The van der Waals surface area contributed by atoms with Gasteiger partial charge in [-0.3, -0.25) is 9.97 Å². The van der Waals surface area contributed by atoms with E-state index < -0.39 is 81.9 Å². The van der Waals surface area contributed by atoms with Crippen LogP contribution in [-0.2, 0) is 23.0 Å². The van der Waals surface area contributed by atoms with Crippen molar-refractivity contribution in [1.82, 2.24) is 9.97 Å². The molecule has 0 amide bonds.